The quantitative estimate of drug-likeness (QED) is 0.491. The van der Waals surface area contributed by atoms with Gasteiger partial charge in [-0.15, -0.1) is 0 Å². The van der Waals surface area contributed by atoms with Gasteiger partial charge in [-0.1, -0.05) is 53.9 Å². The van der Waals surface area contributed by atoms with Gasteiger partial charge >= 0.3 is 0 Å². The van der Waals surface area contributed by atoms with Crippen molar-refractivity contribution in [2.75, 3.05) is 0 Å². The maximum absolute atomic E-state index is 13.5. The second kappa shape index (κ2) is 8.71. The molecule has 0 spiro atoms. The first-order chi connectivity index (χ1) is 15.1. The number of hydrogen-bond acceptors (Lipinski definition) is 4. The highest BCUT2D eigenvalue weighted by molar-refractivity contribution is 5.89. The Bertz CT molecular complexity index is 718. The SMILES string of the molecule is CC(C)CCC[C@@H](C)[C@H]1CC[C@H]2[C@@H]3CC(=O)[C@@]4(O)C[C@H](OC=O)CC[C@]4(C)[C@H]3CC[C@]12C. The zero-order valence-corrected chi connectivity index (χ0v) is 21.1. The molecule has 0 amide bonds. The molecular weight excluding hydrogens is 400 g/mol. The highest BCUT2D eigenvalue weighted by atomic mass is 16.5. The third-order valence-electron chi connectivity index (χ3n) is 11.0. The molecule has 0 aliphatic heterocycles. The molecule has 0 aromatic heterocycles. The van der Waals surface area contributed by atoms with Gasteiger partial charge in [-0.05, 0) is 79.4 Å². The number of ether oxygens (including phenoxy) is 1. The van der Waals surface area contributed by atoms with Crippen molar-refractivity contribution in [1.29, 1.82) is 0 Å². The van der Waals surface area contributed by atoms with E-state index in [4.69, 9.17) is 4.74 Å². The Hall–Kier alpha value is -0.900. The van der Waals surface area contributed by atoms with Crippen LogP contribution in [0.5, 0.6) is 0 Å². The Morgan fingerprint density at radius 3 is 2.50 bits per heavy atom. The van der Waals surface area contributed by atoms with Crippen LogP contribution in [0.2, 0.25) is 0 Å². The van der Waals surface area contributed by atoms with E-state index in [9.17, 15) is 14.7 Å². The summed E-state index contributed by atoms with van der Waals surface area (Å²) in [4.78, 5) is 24.4. The number of hydrogen-bond donors (Lipinski definition) is 1. The topological polar surface area (TPSA) is 63.6 Å². The van der Waals surface area contributed by atoms with E-state index in [0.717, 1.165) is 37.0 Å². The molecule has 0 aromatic rings. The summed E-state index contributed by atoms with van der Waals surface area (Å²) < 4.78 is 5.21. The Kier molecular flexibility index (Phi) is 6.59. The third kappa shape index (κ3) is 3.67. The van der Waals surface area contributed by atoms with Crippen LogP contribution in [0.3, 0.4) is 0 Å². The molecule has 1 N–H and O–H groups in total. The zero-order valence-electron chi connectivity index (χ0n) is 21.1. The van der Waals surface area contributed by atoms with Gasteiger partial charge in [0.25, 0.3) is 6.47 Å². The van der Waals surface area contributed by atoms with Gasteiger partial charge in [-0.2, -0.15) is 0 Å². The van der Waals surface area contributed by atoms with Crippen LogP contribution >= 0.6 is 0 Å². The van der Waals surface area contributed by atoms with Gasteiger partial charge < -0.3 is 9.84 Å². The summed E-state index contributed by atoms with van der Waals surface area (Å²) in [6.45, 7) is 12.3. The number of rotatable bonds is 7. The van der Waals surface area contributed by atoms with Crippen molar-refractivity contribution in [2.24, 2.45) is 46.3 Å². The molecule has 0 heterocycles. The lowest BCUT2D eigenvalue weighted by molar-refractivity contribution is -0.215. The van der Waals surface area contributed by atoms with Gasteiger partial charge in [0.05, 0.1) is 0 Å². The molecule has 4 aliphatic rings. The minimum absolute atomic E-state index is 0.0122. The van der Waals surface area contributed by atoms with Crippen LogP contribution in [0.15, 0.2) is 0 Å². The van der Waals surface area contributed by atoms with E-state index in [-0.39, 0.29) is 18.3 Å². The van der Waals surface area contributed by atoms with E-state index in [0.29, 0.717) is 36.1 Å². The third-order valence-corrected chi connectivity index (χ3v) is 11.0. The monoisotopic (exact) mass is 446 g/mol. The van der Waals surface area contributed by atoms with Gasteiger partial charge in [0.15, 0.2) is 5.78 Å². The minimum atomic E-state index is -1.34. The lowest BCUT2D eigenvalue weighted by Gasteiger charge is -2.63. The maximum atomic E-state index is 13.5. The number of ketones is 1. The van der Waals surface area contributed by atoms with Crippen molar-refractivity contribution in [1.82, 2.24) is 0 Å². The Balaban J connectivity index is 1.53. The molecule has 0 aromatic carbocycles. The fourth-order valence-corrected chi connectivity index (χ4v) is 9.22. The fraction of sp³-hybridized carbons (Fsp3) is 0.929. The van der Waals surface area contributed by atoms with E-state index < -0.39 is 11.0 Å². The van der Waals surface area contributed by atoms with Crippen LogP contribution in [0.1, 0.15) is 105 Å². The predicted molar refractivity (Wildman–Crippen MR) is 126 cm³/mol. The average Bonchev–Trinajstić information content (AvgIpc) is 3.08. The smallest absolute Gasteiger partial charge is 0.293 e. The molecule has 4 saturated carbocycles. The standard InChI is InChI=1S/C28H46O4/c1-18(2)7-6-8-19(3)22-9-10-23-21-15-25(30)28(31)16-20(32-17-29)11-14-27(28,5)24(21)12-13-26(22,23)4/h17-24,31H,6-16H2,1-5H3/t19-,20-,21+,22-,23+,24+,26-,27-,28+/m1/s1. The maximum Gasteiger partial charge on any atom is 0.293 e. The summed E-state index contributed by atoms with van der Waals surface area (Å²) >= 11 is 0. The summed E-state index contributed by atoms with van der Waals surface area (Å²) in [6.07, 6.45) is 10.9. The second-order valence-corrected chi connectivity index (χ2v) is 12.9. The number of carbonyl (C=O) groups excluding carboxylic acids is 2. The van der Waals surface area contributed by atoms with Crippen LogP contribution in [-0.2, 0) is 14.3 Å². The molecule has 4 fully saturated rings. The molecule has 4 aliphatic carbocycles. The van der Waals surface area contributed by atoms with Crippen molar-refractivity contribution in [3.05, 3.63) is 0 Å². The molecule has 0 unspecified atom stereocenters. The van der Waals surface area contributed by atoms with Crippen molar-refractivity contribution < 1.29 is 19.4 Å². The van der Waals surface area contributed by atoms with Crippen molar-refractivity contribution in [2.45, 2.75) is 117 Å². The minimum Gasteiger partial charge on any atom is -0.464 e. The van der Waals surface area contributed by atoms with Gasteiger partial charge in [-0.3, -0.25) is 9.59 Å². The van der Waals surface area contributed by atoms with Gasteiger partial charge in [0.1, 0.15) is 11.7 Å². The zero-order chi connectivity index (χ0) is 23.3. The average molecular weight is 447 g/mol. The molecular formula is C28H46O4. The summed E-state index contributed by atoms with van der Waals surface area (Å²) in [5.41, 5.74) is -1.39. The van der Waals surface area contributed by atoms with Crippen LogP contribution in [0.4, 0.5) is 0 Å². The Morgan fingerprint density at radius 1 is 1.06 bits per heavy atom. The normalized spacial score (nSPS) is 46.8. The number of fused-ring (bicyclic) bond motifs is 5. The molecule has 9 atom stereocenters. The molecule has 182 valence electrons. The van der Waals surface area contributed by atoms with E-state index in [1.54, 1.807) is 0 Å². The molecule has 32 heavy (non-hydrogen) atoms. The molecule has 0 radical (unpaired) electrons. The van der Waals surface area contributed by atoms with Crippen LogP contribution < -0.4 is 0 Å². The lowest BCUT2D eigenvalue weighted by Crippen LogP contribution is -2.67. The van der Waals surface area contributed by atoms with Crippen LogP contribution in [0, 0.1) is 46.3 Å². The van der Waals surface area contributed by atoms with Crippen molar-refractivity contribution >= 4 is 12.3 Å². The number of aliphatic hydroxyl groups is 1. The van der Waals surface area contributed by atoms with Crippen molar-refractivity contribution in [3.63, 3.8) is 0 Å². The van der Waals surface area contributed by atoms with Crippen molar-refractivity contribution in [3.8, 4) is 0 Å². The first-order valence-corrected chi connectivity index (χ1v) is 13.4. The second-order valence-electron chi connectivity index (χ2n) is 12.9. The van der Waals surface area contributed by atoms with Crippen LogP contribution in [-0.4, -0.2) is 29.1 Å². The first kappa shape index (κ1) is 24.2. The molecule has 4 nitrogen and oxygen atoms in total. The number of Topliss-reactive ketones (excluding diaryl/α,β-unsaturated/α-hetero) is 1. The van der Waals surface area contributed by atoms with E-state index in [1.807, 2.05) is 0 Å². The fourth-order valence-electron chi connectivity index (χ4n) is 9.22. The Morgan fingerprint density at radius 2 is 1.81 bits per heavy atom. The largest absolute Gasteiger partial charge is 0.464 e. The first-order valence-electron chi connectivity index (χ1n) is 13.4. The van der Waals surface area contributed by atoms with E-state index >= 15 is 0 Å². The highest BCUT2D eigenvalue weighted by Crippen LogP contribution is 2.68. The highest BCUT2D eigenvalue weighted by Gasteiger charge is 2.68. The van der Waals surface area contributed by atoms with Gasteiger partial charge in [0, 0.05) is 18.3 Å². The lowest BCUT2D eigenvalue weighted by atomic mass is 9.42. The summed E-state index contributed by atoms with van der Waals surface area (Å²) in [6, 6.07) is 0. The van der Waals surface area contributed by atoms with Gasteiger partial charge in [-0.25, -0.2) is 0 Å². The molecule has 0 saturated heterocycles. The van der Waals surface area contributed by atoms with E-state index in [1.165, 1.54) is 38.5 Å². The number of carbonyl (C=O) groups is 2. The Labute approximate surface area is 195 Å². The van der Waals surface area contributed by atoms with E-state index in [2.05, 4.69) is 34.6 Å². The molecule has 4 heteroatoms. The molecule has 0 bridgehead atoms. The summed E-state index contributed by atoms with van der Waals surface area (Å²) in [7, 11) is 0. The van der Waals surface area contributed by atoms with Gasteiger partial charge in [0.2, 0.25) is 0 Å². The molecule has 4 rings (SSSR count). The summed E-state index contributed by atoms with van der Waals surface area (Å²) in [5.74, 6) is 3.72. The summed E-state index contributed by atoms with van der Waals surface area (Å²) in [5, 5.41) is 11.7. The van der Waals surface area contributed by atoms with Crippen LogP contribution in [0.25, 0.3) is 0 Å². The predicted octanol–water partition coefficient (Wildman–Crippen LogP) is 5.94.